The first-order valence-corrected chi connectivity index (χ1v) is 4.13. The lowest BCUT2D eigenvalue weighted by Gasteiger charge is -1.96. The topological polar surface area (TPSA) is 88.5 Å². The maximum Gasteiger partial charge on any atom is 0.125 e. The number of nitrogens with two attached hydrogens (primary N) is 2. The van der Waals surface area contributed by atoms with E-state index in [4.69, 9.17) is 0 Å². The molecule has 10 heavy (non-hydrogen) atoms. The Kier molecular flexibility index (Phi) is 8.70. The van der Waals surface area contributed by atoms with E-state index in [0.717, 1.165) is 26.2 Å². The molecule has 0 aromatic rings. The van der Waals surface area contributed by atoms with E-state index in [1.54, 1.807) is 0 Å². The quantitative estimate of drug-likeness (QED) is 0.261. The number of hydrogen-bond acceptors (Lipinski definition) is 0. The van der Waals surface area contributed by atoms with Gasteiger partial charge >= 0.3 is 0 Å². The third-order valence-corrected chi connectivity index (χ3v) is 1.39. The molecule has 0 aliphatic carbocycles. The van der Waals surface area contributed by atoms with Gasteiger partial charge in [-0.3, -0.25) is 0 Å². The zero-order valence-corrected chi connectivity index (χ0v) is 6.81. The Morgan fingerprint density at radius 2 is 1.10 bits per heavy atom. The van der Waals surface area contributed by atoms with Crippen molar-refractivity contribution < 1.29 is 22.1 Å². The third kappa shape index (κ3) is 7.84. The average molecular weight is 150 g/mol. The van der Waals surface area contributed by atoms with Crippen molar-refractivity contribution in [2.45, 2.75) is 0 Å². The van der Waals surface area contributed by atoms with Crippen LogP contribution in [0.2, 0.25) is 0 Å². The summed E-state index contributed by atoms with van der Waals surface area (Å²) in [6.07, 6.45) is 0. The Hall–Kier alpha value is -0.160. The van der Waals surface area contributed by atoms with E-state index in [1.165, 1.54) is 13.1 Å². The number of rotatable bonds is 7. The summed E-state index contributed by atoms with van der Waals surface area (Å²) in [5.74, 6) is 0. The monoisotopic (exact) mass is 150 g/mol. The molecule has 10 N–H and O–H groups in total. The van der Waals surface area contributed by atoms with Crippen LogP contribution in [0, 0.1) is 0 Å². The van der Waals surface area contributed by atoms with Crippen molar-refractivity contribution in [1.29, 1.82) is 0 Å². The van der Waals surface area contributed by atoms with Crippen LogP contribution in [-0.2, 0) is 0 Å². The van der Waals surface area contributed by atoms with Crippen molar-refractivity contribution in [1.82, 2.24) is 0 Å². The van der Waals surface area contributed by atoms with Gasteiger partial charge in [0.05, 0.1) is 0 Å². The summed E-state index contributed by atoms with van der Waals surface area (Å²) in [6, 6.07) is 0. The van der Waals surface area contributed by atoms with Crippen molar-refractivity contribution in [2.75, 3.05) is 39.3 Å². The highest BCUT2D eigenvalue weighted by molar-refractivity contribution is 4.17. The van der Waals surface area contributed by atoms with Crippen LogP contribution in [0.3, 0.4) is 0 Å². The fraction of sp³-hybridized carbons (Fsp3) is 1.00. The van der Waals surface area contributed by atoms with Gasteiger partial charge in [-0.05, 0) is 0 Å². The molecule has 0 aliphatic rings. The molecule has 0 fully saturated rings. The van der Waals surface area contributed by atoms with Crippen LogP contribution in [-0.4, -0.2) is 39.3 Å². The van der Waals surface area contributed by atoms with Crippen LogP contribution < -0.4 is 22.1 Å². The van der Waals surface area contributed by atoms with Crippen LogP contribution in [0.4, 0.5) is 0 Å². The molecule has 0 saturated heterocycles. The Bertz CT molecular complexity index is 49.7. The summed E-state index contributed by atoms with van der Waals surface area (Å²) in [5, 5.41) is 4.62. The molecule has 0 rings (SSSR count). The van der Waals surface area contributed by atoms with E-state index in [2.05, 4.69) is 22.1 Å². The first-order valence-electron chi connectivity index (χ1n) is 4.13. The second-order valence-electron chi connectivity index (χ2n) is 2.44. The largest absolute Gasteiger partial charge is 0.353 e. The first kappa shape index (κ1) is 9.84. The molecule has 0 aromatic carbocycles. The summed E-state index contributed by atoms with van der Waals surface area (Å²) in [4.78, 5) is 0. The van der Waals surface area contributed by atoms with E-state index < -0.39 is 0 Å². The fourth-order valence-electron chi connectivity index (χ4n) is 0.813. The van der Waals surface area contributed by atoms with E-state index in [0.29, 0.717) is 0 Å². The number of quaternary nitrogens is 4. The lowest BCUT2D eigenvalue weighted by atomic mass is 10.5. The summed E-state index contributed by atoms with van der Waals surface area (Å²) >= 11 is 0. The maximum absolute atomic E-state index is 3.77. The van der Waals surface area contributed by atoms with Crippen LogP contribution in [0.25, 0.3) is 0 Å². The molecular formula is C6H22N4+4. The minimum atomic E-state index is 1.04. The van der Waals surface area contributed by atoms with E-state index >= 15 is 0 Å². The SMILES string of the molecule is [NH3+]CC[NH2+]CC[NH2+]CC[NH3+]. The molecule has 4 heteroatoms. The Morgan fingerprint density at radius 1 is 0.700 bits per heavy atom. The summed E-state index contributed by atoms with van der Waals surface area (Å²) in [6.45, 7) is 6.84. The van der Waals surface area contributed by atoms with Gasteiger partial charge in [0.2, 0.25) is 0 Å². The van der Waals surface area contributed by atoms with Gasteiger partial charge in [0.15, 0.2) is 0 Å². The van der Waals surface area contributed by atoms with Gasteiger partial charge in [0.25, 0.3) is 0 Å². The normalized spacial score (nSPS) is 10.2. The molecule has 0 aliphatic heterocycles. The molecule has 0 bridgehead atoms. The zero-order valence-electron chi connectivity index (χ0n) is 6.81. The van der Waals surface area contributed by atoms with Crippen molar-refractivity contribution in [3.63, 3.8) is 0 Å². The van der Waals surface area contributed by atoms with Gasteiger partial charge in [-0.15, -0.1) is 0 Å². The maximum atomic E-state index is 3.77. The molecule has 0 aromatic heterocycles. The molecule has 0 heterocycles. The molecule has 4 nitrogen and oxygen atoms in total. The third-order valence-electron chi connectivity index (χ3n) is 1.39. The second-order valence-corrected chi connectivity index (χ2v) is 2.44. The lowest BCUT2D eigenvalue weighted by molar-refractivity contribution is -0.733. The molecule has 0 amide bonds. The fourth-order valence-corrected chi connectivity index (χ4v) is 0.813. The molecule has 62 valence electrons. The van der Waals surface area contributed by atoms with E-state index in [1.807, 2.05) is 0 Å². The van der Waals surface area contributed by atoms with Gasteiger partial charge in [-0.1, -0.05) is 0 Å². The van der Waals surface area contributed by atoms with Crippen molar-refractivity contribution in [2.24, 2.45) is 0 Å². The molecule has 0 radical (unpaired) electrons. The highest BCUT2D eigenvalue weighted by Gasteiger charge is 1.91. The molecule has 0 atom stereocenters. The van der Waals surface area contributed by atoms with Gasteiger partial charge in [-0.25, -0.2) is 0 Å². The number of hydrogen-bond donors (Lipinski definition) is 4. The predicted octanol–water partition coefficient (Wildman–Crippen LogP) is -5.40. The van der Waals surface area contributed by atoms with Gasteiger partial charge in [0.1, 0.15) is 39.3 Å². The Morgan fingerprint density at radius 3 is 1.40 bits per heavy atom. The molecule has 0 spiro atoms. The molecular weight excluding hydrogens is 128 g/mol. The van der Waals surface area contributed by atoms with Gasteiger partial charge in [0, 0.05) is 0 Å². The highest BCUT2D eigenvalue weighted by atomic mass is 14.9. The van der Waals surface area contributed by atoms with E-state index in [-0.39, 0.29) is 0 Å². The summed E-state index contributed by atoms with van der Waals surface area (Å²) in [5.41, 5.74) is 7.54. The minimum Gasteiger partial charge on any atom is -0.353 e. The van der Waals surface area contributed by atoms with Crippen molar-refractivity contribution in [3.05, 3.63) is 0 Å². The summed E-state index contributed by atoms with van der Waals surface area (Å²) in [7, 11) is 0. The highest BCUT2D eigenvalue weighted by Crippen LogP contribution is 1.33. The van der Waals surface area contributed by atoms with Gasteiger partial charge < -0.3 is 22.1 Å². The Balaban J connectivity index is 2.65. The predicted molar refractivity (Wildman–Crippen MR) is 38.8 cm³/mol. The Labute approximate surface area is 62.3 Å². The van der Waals surface area contributed by atoms with Crippen molar-refractivity contribution in [3.8, 4) is 0 Å². The minimum absolute atomic E-state index is 1.04. The first-order chi connectivity index (χ1) is 4.91. The molecule has 0 unspecified atom stereocenters. The average Bonchev–Trinajstić information content (AvgIpc) is 1.97. The zero-order chi connectivity index (χ0) is 7.66. The van der Waals surface area contributed by atoms with Crippen LogP contribution in [0.5, 0.6) is 0 Å². The van der Waals surface area contributed by atoms with Crippen LogP contribution in [0.1, 0.15) is 0 Å². The van der Waals surface area contributed by atoms with Crippen LogP contribution in [0.15, 0.2) is 0 Å². The van der Waals surface area contributed by atoms with E-state index in [9.17, 15) is 0 Å². The smallest absolute Gasteiger partial charge is 0.125 e. The van der Waals surface area contributed by atoms with Gasteiger partial charge in [-0.2, -0.15) is 0 Å². The molecule has 0 saturated carbocycles. The summed E-state index contributed by atoms with van der Waals surface area (Å²) < 4.78 is 0. The van der Waals surface area contributed by atoms with Crippen LogP contribution >= 0.6 is 0 Å². The standard InChI is InChI=1S/C6H18N4/c7-1-3-9-5-6-10-4-2-8/h9-10H,1-8H2/p+4. The second kappa shape index (κ2) is 8.84. The lowest BCUT2D eigenvalue weighted by Crippen LogP contribution is -2.97. The van der Waals surface area contributed by atoms with Crippen molar-refractivity contribution >= 4 is 0 Å².